The normalized spacial score (nSPS) is 13.9. The van der Waals surface area contributed by atoms with Crippen molar-refractivity contribution in [1.82, 2.24) is 5.32 Å². The van der Waals surface area contributed by atoms with E-state index in [0.717, 1.165) is 96.3 Å². The van der Waals surface area contributed by atoms with Crippen LogP contribution in [0.5, 0.6) is 0 Å². The van der Waals surface area contributed by atoms with Gasteiger partial charge in [-0.1, -0.05) is 253 Å². The predicted octanol–water partition coefficient (Wildman–Crippen LogP) is 18.1. The summed E-state index contributed by atoms with van der Waals surface area (Å²) >= 11 is 0. The van der Waals surface area contributed by atoms with Crippen molar-refractivity contribution < 1.29 is 24.5 Å². The van der Waals surface area contributed by atoms with Gasteiger partial charge in [0, 0.05) is 6.42 Å². The highest BCUT2D eigenvalue weighted by molar-refractivity contribution is 5.77. The van der Waals surface area contributed by atoms with Crippen LogP contribution in [0.15, 0.2) is 97.2 Å². The van der Waals surface area contributed by atoms with E-state index in [2.05, 4.69) is 117 Å². The SMILES string of the molecule is CC/C=C/C/C=C/C/C=C/C/C=C/C/C=C/CCC(=O)OC(CCCCCC/C=C\C/C=C\C/C=C\CCCCC)CC(=O)NC(CO)C(O)CCCCCCCCCCCCCCCCCCC. The lowest BCUT2D eigenvalue weighted by molar-refractivity contribution is -0.150. The molecule has 0 bridgehead atoms. The third-order valence-corrected chi connectivity index (χ3v) is 12.7. The molecule has 0 aliphatic carbocycles. The molecule has 0 spiro atoms. The van der Waals surface area contributed by atoms with Gasteiger partial charge in [0.25, 0.3) is 0 Å². The van der Waals surface area contributed by atoms with Gasteiger partial charge < -0.3 is 20.3 Å². The van der Waals surface area contributed by atoms with Crippen LogP contribution in [0.2, 0.25) is 0 Å². The molecule has 6 nitrogen and oxygen atoms in total. The number of esters is 1. The lowest BCUT2D eigenvalue weighted by Crippen LogP contribution is -2.46. The van der Waals surface area contributed by atoms with E-state index in [0.29, 0.717) is 19.3 Å². The van der Waals surface area contributed by atoms with E-state index >= 15 is 0 Å². The lowest BCUT2D eigenvalue weighted by Gasteiger charge is -2.24. The van der Waals surface area contributed by atoms with Gasteiger partial charge in [0.2, 0.25) is 5.91 Å². The second-order valence-electron chi connectivity index (χ2n) is 19.3. The van der Waals surface area contributed by atoms with Crippen molar-refractivity contribution in [2.24, 2.45) is 0 Å². The summed E-state index contributed by atoms with van der Waals surface area (Å²) in [6.45, 7) is 6.34. The molecule has 3 atom stereocenters. The van der Waals surface area contributed by atoms with E-state index in [1.165, 1.54) is 116 Å². The van der Waals surface area contributed by atoms with Crippen LogP contribution in [0, 0.1) is 0 Å². The maximum Gasteiger partial charge on any atom is 0.306 e. The topological polar surface area (TPSA) is 95.9 Å². The maximum absolute atomic E-state index is 13.3. The van der Waals surface area contributed by atoms with Gasteiger partial charge in [-0.15, -0.1) is 0 Å². The van der Waals surface area contributed by atoms with E-state index in [-0.39, 0.29) is 31.3 Å². The van der Waals surface area contributed by atoms with Crippen molar-refractivity contribution >= 4 is 11.9 Å². The summed E-state index contributed by atoms with van der Waals surface area (Å²) in [7, 11) is 0. The van der Waals surface area contributed by atoms with E-state index < -0.39 is 18.2 Å². The zero-order valence-corrected chi connectivity index (χ0v) is 45.2. The molecule has 0 aliphatic rings. The van der Waals surface area contributed by atoms with Crippen LogP contribution >= 0.6 is 0 Å². The van der Waals surface area contributed by atoms with Gasteiger partial charge in [-0.3, -0.25) is 9.59 Å². The van der Waals surface area contributed by atoms with E-state index in [1.54, 1.807) is 0 Å². The Bertz CT molecular complexity index is 1350. The van der Waals surface area contributed by atoms with Crippen LogP contribution in [0.4, 0.5) is 0 Å². The van der Waals surface area contributed by atoms with Crippen molar-refractivity contribution in [2.75, 3.05) is 6.61 Å². The molecule has 0 fully saturated rings. The molecule has 1 amide bonds. The van der Waals surface area contributed by atoms with Crippen LogP contribution in [0.1, 0.15) is 265 Å². The molecule has 0 aromatic carbocycles. The largest absolute Gasteiger partial charge is 0.462 e. The summed E-state index contributed by atoms with van der Waals surface area (Å²) in [6.07, 6.45) is 74.8. The molecule has 396 valence electrons. The Morgan fingerprint density at radius 3 is 1.22 bits per heavy atom. The Hall–Kier alpha value is -3.22. The van der Waals surface area contributed by atoms with Crippen molar-refractivity contribution in [3.05, 3.63) is 97.2 Å². The number of aliphatic hydroxyl groups excluding tert-OH is 2. The highest BCUT2D eigenvalue weighted by Gasteiger charge is 2.24. The first-order valence-corrected chi connectivity index (χ1v) is 29.0. The van der Waals surface area contributed by atoms with Gasteiger partial charge in [0.15, 0.2) is 0 Å². The first-order valence-electron chi connectivity index (χ1n) is 29.0. The van der Waals surface area contributed by atoms with Crippen LogP contribution < -0.4 is 5.32 Å². The first kappa shape index (κ1) is 65.8. The molecule has 0 radical (unpaired) electrons. The number of aliphatic hydroxyl groups is 2. The number of nitrogens with one attached hydrogen (secondary N) is 1. The summed E-state index contributed by atoms with van der Waals surface area (Å²) in [6, 6.07) is -0.731. The van der Waals surface area contributed by atoms with Crippen LogP contribution in [0.3, 0.4) is 0 Å². The smallest absolute Gasteiger partial charge is 0.306 e. The molecule has 3 N–H and O–H groups in total. The molecular formula is C63H109NO5. The number of hydrogen-bond donors (Lipinski definition) is 3. The number of allylic oxidation sites excluding steroid dienone is 16. The molecule has 0 saturated heterocycles. The number of carbonyl (C=O) groups excluding carboxylic acids is 2. The first-order chi connectivity index (χ1) is 34.0. The molecule has 0 saturated carbocycles. The Kier molecular flexibility index (Phi) is 53.1. The Morgan fingerprint density at radius 1 is 0.435 bits per heavy atom. The highest BCUT2D eigenvalue weighted by Crippen LogP contribution is 2.17. The van der Waals surface area contributed by atoms with Gasteiger partial charge in [-0.25, -0.2) is 0 Å². The minimum Gasteiger partial charge on any atom is -0.462 e. The van der Waals surface area contributed by atoms with Gasteiger partial charge in [0.05, 0.1) is 25.2 Å². The molecule has 0 heterocycles. The fraction of sp³-hybridized carbons (Fsp3) is 0.714. The van der Waals surface area contributed by atoms with Gasteiger partial charge in [-0.2, -0.15) is 0 Å². The third-order valence-electron chi connectivity index (χ3n) is 12.7. The Labute approximate surface area is 426 Å². The highest BCUT2D eigenvalue weighted by atomic mass is 16.5. The van der Waals surface area contributed by atoms with Crippen LogP contribution in [-0.2, 0) is 14.3 Å². The quantitative estimate of drug-likeness (QED) is 0.0321. The van der Waals surface area contributed by atoms with E-state index in [9.17, 15) is 19.8 Å². The number of ether oxygens (including phenoxy) is 1. The van der Waals surface area contributed by atoms with Crippen molar-refractivity contribution in [1.29, 1.82) is 0 Å². The molecule has 69 heavy (non-hydrogen) atoms. The zero-order valence-electron chi connectivity index (χ0n) is 45.2. The summed E-state index contributed by atoms with van der Waals surface area (Å²) in [4.78, 5) is 26.2. The van der Waals surface area contributed by atoms with E-state index in [1.807, 2.05) is 6.08 Å². The Morgan fingerprint density at radius 2 is 0.783 bits per heavy atom. The van der Waals surface area contributed by atoms with Gasteiger partial charge >= 0.3 is 5.97 Å². The summed E-state index contributed by atoms with van der Waals surface area (Å²) in [5.74, 6) is -0.596. The lowest BCUT2D eigenvalue weighted by atomic mass is 10.0. The number of rotatable bonds is 51. The third kappa shape index (κ3) is 51.0. The van der Waals surface area contributed by atoms with Gasteiger partial charge in [0.1, 0.15) is 6.10 Å². The van der Waals surface area contributed by atoms with E-state index in [4.69, 9.17) is 4.74 Å². The summed E-state index contributed by atoms with van der Waals surface area (Å²) in [5, 5.41) is 23.9. The van der Waals surface area contributed by atoms with Crippen LogP contribution in [-0.4, -0.2) is 46.9 Å². The average molecular weight is 961 g/mol. The van der Waals surface area contributed by atoms with Crippen molar-refractivity contribution in [3.63, 3.8) is 0 Å². The van der Waals surface area contributed by atoms with Crippen molar-refractivity contribution in [3.8, 4) is 0 Å². The fourth-order valence-corrected chi connectivity index (χ4v) is 8.31. The second-order valence-corrected chi connectivity index (χ2v) is 19.3. The number of amides is 1. The number of hydrogen-bond acceptors (Lipinski definition) is 5. The monoisotopic (exact) mass is 960 g/mol. The summed E-state index contributed by atoms with van der Waals surface area (Å²) in [5.41, 5.74) is 0. The maximum atomic E-state index is 13.3. The summed E-state index contributed by atoms with van der Waals surface area (Å²) < 4.78 is 5.91. The molecule has 0 rings (SSSR count). The fourth-order valence-electron chi connectivity index (χ4n) is 8.31. The molecule has 0 aliphatic heterocycles. The number of unbranched alkanes of at least 4 members (excludes halogenated alkanes) is 23. The molecule has 0 aromatic heterocycles. The molecule has 3 unspecified atom stereocenters. The zero-order chi connectivity index (χ0) is 50.2. The second kappa shape index (κ2) is 55.7. The standard InChI is InChI=1S/C63H109NO5/c1-4-7-10-13-16-19-22-25-28-31-33-36-39-42-45-48-51-54-59(69-63(68)56-53-50-47-44-41-38-35-30-27-24-21-18-15-12-9-6-3)57-62(67)64-60(58-65)61(66)55-52-49-46-43-40-37-34-32-29-26-23-20-17-14-11-8-5-2/h9,12,16,18-19,21,25,27-28,30,33,36,38,41,47,50,59-61,65-66H,4-8,10-11,13-15,17,20,22-24,26,29,31-32,34-35,37,39-40,42-46,48-49,51-58H2,1-3H3,(H,64,67)/b12-9+,19-16-,21-18+,28-25-,30-27+,36-33-,41-38+,50-47+. The van der Waals surface area contributed by atoms with Crippen molar-refractivity contribution in [2.45, 2.75) is 283 Å². The van der Waals surface area contributed by atoms with Gasteiger partial charge in [-0.05, 0) is 96.3 Å². The predicted molar refractivity (Wildman–Crippen MR) is 300 cm³/mol. The average Bonchev–Trinajstić information content (AvgIpc) is 3.34. The molecule has 6 heteroatoms. The molecule has 0 aromatic rings. The number of carbonyl (C=O) groups is 2. The minimum absolute atomic E-state index is 0.0284. The Balaban J connectivity index is 4.70. The minimum atomic E-state index is -0.813. The van der Waals surface area contributed by atoms with Crippen LogP contribution in [0.25, 0.3) is 0 Å². The molecular weight excluding hydrogens is 851 g/mol.